The Bertz CT molecular complexity index is 359. The predicted octanol–water partition coefficient (Wildman–Crippen LogP) is 2.37. The van der Waals surface area contributed by atoms with E-state index in [1.807, 2.05) is 38.1 Å². The van der Waals surface area contributed by atoms with Crippen LogP contribution in [-0.2, 0) is 0 Å². The number of ether oxygens (including phenoxy) is 2. The van der Waals surface area contributed by atoms with Gasteiger partial charge < -0.3 is 15.2 Å². The zero-order chi connectivity index (χ0) is 12.1. The normalized spacial score (nSPS) is 12.8. The Morgan fingerprint density at radius 3 is 2.06 bits per heavy atom. The summed E-state index contributed by atoms with van der Waals surface area (Å²) in [6.45, 7) is 3.90. The highest BCUT2D eigenvalue weighted by Crippen LogP contribution is 2.29. The first-order valence-corrected chi connectivity index (χ1v) is 5.25. The van der Waals surface area contributed by atoms with Crippen LogP contribution >= 0.6 is 0 Å². The molecular formula is C13H19NO2. The molecule has 3 heteroatoms. The highest BCUT2D eigenvalue weighted by Gasteiger charge is 2.06. The molecule has 3 nitrogen and oxygen atoms in total. The Morgan fingerprint density at radius 1 is 1.19 bits per heavy atom. The van der Waals surface area contributed by atoms with Crippen molar-refractivity contribution in [3.05, 3.63) is 29.3 Å². The fraction of sp³-hybridized carbons (Fsp3) is 0.385. The smallest absolute Gasteiger partial charge is 0.126 e. The van der Waals surface area contributed by atoms with Gasteiger partial charge in [-0.2, -0.15) is 0 Å². The van der Waals surface area contributed by atoms with E-state index in [1.165, 1.54) is 0 Å². The standard InChI is InChI=1S/C13H19NO2/c1-9(14)5-6-11-7-12(15-3)10(2)13(8-11)16-4/h5-9H,14H2,1-4H3/b6-5+. The molecule has 0 radical (unpaired) electrons. The summed E-state index contributed by atoms with van der Waals surface area (Å²) in [5.41, 5.74) is 7.69. The van der Waals surface area contributed by atoms with Crippen molar-refractivity contribution in [3.8, 4) is 11.5 Å². The summed E-state index contributed by atoms with van der Waals surface area (Å²) in [5, 5.41) is 0. The number of methoxy groups -OCH3 is 2. The zero-order valence-corrected chi connectivity index (χ0v) is 10.3. The summed E-state index contributed by atoms with van der Waals surface area (Å²) in [7, 11) is 3.31. The van der Waals surface area contributed by atoms with Crippen molar-refractivity contribution < 1.29 is 9.47 Å². The number of benzene rings is 1. The van der Waals surface area contributed by atoms with Crippen LogP contribution in [0.3, 0.4) is 0 Å². The molecule has 0 heterocycles. The second-order valence-corrected chi connectivity index (χ2v) is 3.77. The third-order valence-corrected chi connectivity index (χ3v) is 2.37. The third-order valence-electron chi connectivity index (χ3n) is 2.37. The van der Waals surface area contributed by atoms with Gasteiger partial charge in [0.15, 0.2) is 0 Å². The molecule has 1 unspecified atom stereocenters. The maximum absolute atomic E-state index is 5.66. The molecule has 0 aliphatic heterocycles. The van der Waals surface area contributed by atoms with E-state index in [0.29, 0.717) is 0 Å². The van der Waals surface area contributed by atoms with Gasteiger partial charge in [-0.25, -0.2) is 0 Å². The van der Waals surface area contributed by atoms with E-state index in [2.05, 4.69) is 0 Å². The van der Waals surface area contributed by atoms with Gasteiger partial charge in [0.25, 0.3) is 0 Å². The molecule has 2 N–H and O–H groups in total. The van der Waals surface area contributed by atoms with Crippen molar-refractivity contribution >= 4 is 6.08 Å². The van der Waals surface area contributed by atoms with E-state index in [1.54, 1.807) is 14.2 Å². The monoisotopic (exact) mass is 221 g/mol. The highest BCUT2D eigenvalue weighted by atomic mass is 16.5. The van der Waals surface area contributed by atoms with Crippen molar-refractivity contribution in [1.82, 2.24) is 0 Å². The minimum atomic E-state index is 0.0401. The van der Waals surface area contributed by atoms with Crippen LogP contribution in [-0.4, -0.2) is 20.3 Å². The molecule has 0 saturated heterocycles. The third kappa shape index (κ3) is 3.00. The van der Waals surface area contributed by atoms with Gasteiger partial charge >= 0.3 is 0 Å². The number of rotatable bonds is 4. The summed E-state index contributed by atoms with van der Waals surface area (Å²) in [4.78, 5) is 0. The molecule has 1 rings (SSSR count). The van der Waals surface area contributed by atoms with Crippen molar-refractivity contribution in [2.75, 3.05) is 14.2 Å². The van der Waals surface area contributed by atoms with Gasteiger partial charge in [-0.15, -0.1) is 0 Å². The predicted molar refractivity (Wildman–Crippen MR) is 67.0 cm³/mol. The largest absolute Gasteiger partial charge is 0.496 e. The lowest BCUT2D eigenvalue weighted by Crippen LogP contribution is -2.09. The molecule has 16 heavy (non-hydrogen) atoms. The molecule has 0 amide bonds. The SMILES string of the molecule is COc1cc(/C=C/C(C)N)cc(OC)c1C. The van der Waals surface area contributed by atoms with Crippen LogP contribution in [0, 0.1) is 6.92 Å². The minimum absolute atomic E-state index is 0.0401. The van der Waals surface area contributed by atoms with Crippen LogP contribution in [0.4, 0.5) is 0 Å². The van der Waals surface area contributed by atoms with Crippen LogP contribution < -0.4 is 15.2 Å². The fourth-order valence-corrected chi connectivity index (χ4v) is 1.47. The molecule has 88 valence electrons. The lowest BCUT2D eigenvalue weighted by atomic mass is 10.1. The van der Waals surface area contributed by atoms with Crippen LogP contribution in [0.5, 0.6) is 11.5 Å². The lowest BCUT2D eigenvalue weighted by molar-refractivity contribution is 0.388. The van der Waals surface area contributed by atoms with E-state index < -0.39 is 0 Å². The molecule has 0 aromatic heterocycles. The van der Waals surface area contributed by atoms with Crippen molar-refractivity contribution in [2.45, 2.75) is 19.9 Å². The topological polar surface area (TPSA) is 44.5 Å². The van der Waals surface area contributed by atoms with E-state index in [0.717, 1.165) is 22.6 Å². The Hall–Kier alpha value is -1.48. The molecule has 1 aromatic rings. The van der Waals surface area contributed by atoms with Gasteiger partial charge in [-0.3, -0.25) is 0 Å². The summed E-state index contributed by atoms with van der Waals surface area (Å²) < 4.78 is 10.6. The molecule has 1 atom stereocenters. The molecule has 0 bridgehead atoms. The number of nitrogens with two attached hydrogens (primary N) is 1. The Kier molecular flexibility index (Phi) is 4.38. The van der Waals surface area contributed by atoms with Crippen molar-refractivity contribution in [1.29, 1.82) is 0 Å². The first-order chi connectivity index (χ1) is 7.58. The second-order valence-electron chi connectivity index (χ2n) is 3.77. The molecule has 0 saturated carbocycles. The molecule has 0 fully saturated rings. The average molecular weight is 221 g/mol. The maximum Gasteiger partial charge on any atom is 0.126 e. The highest BCUT2D eigenvalue weighted by molar-refractivity contribution is 5.58. The van der Waals surface area contributed by atoms with E-state index in [9.17, 15) is 0 Å². The van der Waals surface area contributed by atoms with Gasteiger partial charge in [-0.1, -0.05) is 12.2 Å². The number of hydrogen-bond acceptors (Lipinski definition) is 3. The minimum Gasteiger partial charge on any atom is -0.496 e. The first kappa shape index (κ1) is 12.6. The summed E-state index contributed by atoms with van der Waals surface area (Å²) in [5.74, 6) is 1.65. The van der Waals surface area contributed by atoms with Crippen molar-refractivity contribution in [3.63, 3.8) is 0 Å². The van der Waals surface area contributed by atoms with Crippen LogP contribution in [0.15, 0.2) is 18.2 Å². The summed E-state index contributed by atoms with van der Waals surface area (Å²) in [6.07, 6.45) is 3.90. The molecule has 1 aromatic carbocycles. The average Bonchev–Trinajstić information content (AvgIpc) is 2.27. The second kappa shape index (κ2) is 5.56. The van der Waals surface area contributed by atoms with Crippen molar-refractivity contribution in [2.24, 2.45) is 5.73 Å². The fourth-order valence-electron chi connectivity index (χ4n) is 1.47. The van der Waals surface area contributed by atoms with Gasteiger partial charge in [0, 0.05) is 11.6 Å². The van der Waals surface area contributed by atoms with Gasteiger partial charge in [0.05, 0.1) is 14.2 Å². The zero-order valence-electron chi connectivity index (χ0n) is 10.3. The van der Waals surface area contributed by atoms with Crippen LogP contribution in [0.1, 0.15) is 18.1 Å². The van der Waals surface area contributed by atoms with E-state index in [4.69, 9.17) is 15.2 Å². The lowest BCUT2D eigenvalue weighted by Gasteiger charge is -2.11. The molecular weight excluding hydrogens is 202 g/mol. The van der Waals surface area contributed by atoms with E-state index >= 15 is 0 Å². The molecule has 0 aliphatic rings. The Labute approximate surface area is 96.9 Å². The number of hydrogen-bond donors (Lipinski definition) is 1. The van der Waals surface area contributed by atoms with E-state index in [-0.39, 0.29) is 6.04 Å². The van der Waals surface area contributed by atoms with Gasteiger partial charge in [0.2, 0.25) is 0 Å². The molecule has 0 spiro atoms. The van der Waals surface area contributed by atoms with Crippen LogP contribution in [0.2, 0.25) is 0 Å². The summed E-state index contributed by atoms with van der Waals surface area (Å²) >= 11 is 0. The quantitative estimate of drug-likeness (QED) is 0.849. The van der Waals surface area contributed by atoms with Gasteiger partial charge in [-0.05, 0) is 31.5 Å². The first-order valence-electron chi connectivity index (χ1n) is 5.25. The van der Waals surface area contributed by atoms with Crippen LogP contribution in [0.25, 0.3) is 6.08 Å². The molecule has 0 aliphatic carbocycles. The summed E-state index contributed by atoms with van der Waals surface area (Å²) in [6, 6.07) is 3.98. The Balaban J connectivity index is 3.12. The maximum atomic E-state index is 5.66. The Morgan fingerprint density at radius 2 is 1.69 bits per heavy atom. The van der Waals surface area contributed by atoms with Gasteiger partial charge in [0.1, 0.15) is 11.5 Å².